The van der Waals surface area contributed by atoms with Crippen LogP contribution < -0.4 is 10.6 Å². The number of rotatable bonds is 12. The molecule has 0 bridgehead atoms. The van der Waals surface area contributed by atoms with Crippen molar-refractivity contribution in [1.29, 1.82) is 0 Å². The average molecular weight is 552 g/mol. The molecule has 0 heterocycles. The van der Waals surface area contributed by atoms with Crippen LogP contribution in [0.25, 0.3) is 0 Å². The van der Waals surface area contributed by atoms with E-state index in [-0.39, 0.29) is 17.7 Å². The summed E-state index contributed by atoms with van der Waals surface area (Å²) in [6, 6.07) is 11.9. The number of unbranched alkanes of at least 4 members (excludes halogenated alkanes) is 2. The van der Waals surface area contributed by atoms with Gasteiger partial charge in [-0.15, -0.1) is 0 Å². The molecule has 2 N–H and O–H groups in total. The van der Waals surface area contributed by atoms with Gasteiger partial charge >= 0.3 is 6.09 Å². The number of hydrogen-bond acceptors (Lipinski definition) is 4. The number of carbonyl (C=O) groups is 3. The number of nitrogens with zero attached hydrogens (tertiary/aromatic N) is 1. The molecule has 3 amide bonds. The van der Waals surface area contributed by atoms with Crippen LogP contribution >= 0.6 is 0 Å². The summed E-state index contributed by atoms with van der Waals surface area (Å²) in [4.78, 5) is 43.0. The smallest absolute Gasteiger partial charge is 0.408 e. The van der Waals surface area contributed by atoms with E-state index in [1.807, 2.05) is 77.1 Å². The van der Waals surface area contributed by atoms with Gasteiger partial charge in [-0.1, -0.05) is 88.1 Å². The van der Waals surface area contributed by atoms with Crippen LogP contribution in [0.5, 0.6) is 0 Å². The van der Waals surface area contributed by atoms with Crippen molar-refractivity contribution < 1.29 is 19.1 Å². The molecule has 0 radical (unpaired) electrons. The molecule has 0 fully saturated rings. The minimum absolute atomic E-state index is 0.172. The molecule has 40 heavy (non-hydrogen) atoms. The van der Waals surface area contributed by atoms with Gasteiger partial charge in [-0.25, -0.2) is 4.79 Å². The number of nitrogens with one attached hydrogen (secondary N) is 2. The zero-order valence-corrected chi connectivity index (χ0v) is 25.9. The molecule has 2 aromatic rings. The molecule has 3 unspecified atom stereocenters. The Morgan fingerprint density at radius 2 is 1.52 bits per heavy atom. The Bertz CT molecular complexity index is 1120. The summed E-state index contributed by atoms with van der Waals surface area (Å²) in [5.41, 5.74) is 3.72. The zero-order valence-electron chi connectivity index (χ0n) is 25.9. The Kier molecular flexibility index (Phi) is 12.2. The third-order valence-electron chi connectivity index (χ3n) is 7.12. The summed E-state index contributed by atoms with van der Waals surface area (Å²) in [7, 11) is 0. The highest BCUT2D eigenvalue weighted by molar-refractivity contribution is 6.00. The fourth-order valence-electron chi connectivity index (χ4n) is 4.62. The van der Waals surface area contributed by atoms with Crippen LogP contribution in [0.2, 0.25) is 0 Å². The van der Waals surface area contributed by atoms with Gasteiger partial charge in [0.15, 0.2) is 0 Å². The third kappa shape index (κ3) is 9.39. The summed E-state index contributed by atoms with van der Waals surface area (Å²) in [5, 5.41) is 5.96. The predicted molar refractivity (Wildman–Crippen MR) is 162 cm³/mol. The number of benzene rings is 2. The van der Waals surface area contributed by atoms with Gasteiger partial charge in [0, 0.05) is 12.2 Å². The number of alkyl carbamates (subject to hydrolysis) is 1. The van der Waals surface area contributed by atoms with Crippen molar-refractivity contribution in [2.45, 2.75) is 106 Å². The van der Waals surface area contributed by atoms with Crippen LogP contribution in [0, 0.1) is 26.7 Å². The highest BCUT2D eigenvalue weighted by atomic mass is 16.6. The van der Waals surface area contributed by atoms with Crippen molar-refractivity contribution in [3.63, 3.8) is 0 Å². The first-order chi connectivity index (χ1) is 18.8. The highest BCUT2D eigenvalue weighted by Crippen LogP contribution is 2.29. The van der Waals surface area contributed by atoms with Gasteiger partial charge in [0.05, 0.1) is 0 Å². The lowest BCUT2D eigenvalue weighted by atomic mass is 9.95. The number of anilines is 1. The molecule has 3 atom stereocenters. The molecule has 0 aliphatic rings. The van der Waals surface area contributed by atoms with Crippen LogP contribution in [-0.2, 0) is 14.3 Å². The largest absolute Gasteiger partial charge is 0.444 e. The molecule has 2 aromatic carbocycles. The van der Waals surface area contributed by atoms with Crippen LogP contribution in [0.4, 0.5) is 10.5 Å². The van der Waals surface area contributed by atoms with E-state index < -0.39 is 23.8 Å². The Labute approximate surface area is 241 Å². The first-order valence-electron chi connectivity index (χ1n) is 14.5. The molecular formula is C33H49N3O4. The molecule has 0 aliphatic carbocycles. The second kappa shape index (κ2) is 14.9. The van der Waals surface area contributed by atoms with E-state index in [9.17, 15) is 14.4 Å². The van der Waals surface area contributed by atoms with Gasteiger partial charge in [-0.05, 0) is 70.6 Å². The number of amides is 3. The van der Waals surface area contributed by atoms with E-state index in [1.165, 1.54) is 0 Å². The summed E-state index contributed by atoms with van der Waals surface area (Å²) in [5.74, 6) is -0.751. The van der Waals surface area contributed by atoms with E-state index in [1.54, 1.807) is 25.7 Å². The Hall–Kier alpha value is -3.35. The fourth-order valence-corrected chi connectivity index (χ4v) is 4.62. The highest BCUT2D eigenvalue weighted by Gasteiger charge is 2.38. The number of ether oxygens (including phenoxy) is 1. The summed E-state index contributed by atoms with van der Waals surface area (Å²) < 4.78 is 5.50. The summed E-state index contributed by atoms with van der Waals surface area (Å²) in [6.07, 6.45) is 2.64. The average Bonchev–Trinajstić information content (AvgIpc) is 2.88. The normalized spacial score (nSPS) is 13.6. The maximum absolute atomic E-state index is 14.4. The van der Waals surface area contributed by atoms with E-state index in [0.717, 1.165) is 47.2 Å². The lowest BCUT2D eigenvalue weighted by molar-refractivity contribution is -0.142. The van der Waals surface area contributed by atoms with Gasteiger partial charge in [0.25, 0.3) is 5.91 Å². The van der Waals surface area contributed by atoms with Gasteiger partial charge < -0.3 is 20.3 Å². The minimum Gasteiger partial charge on any atom is -0.444 e. The number of carbonyl (C=O) groups excluding carboxylic acids is 3. The Morgan fingerprint density at radius 3 is 2.05 bits per heavy atom. The number of para-hydroxylation sites is 1. The standard InChI is InChI=1S/C33H49N3O4/c1-10-12-13-21-36(31(38)28(23(4)11-2)35-32(39)40-33(7,8)9)29(26-19-17-22(3)18-20-26)30(37)34-27-24(5)15-14-16-25(27)6/h14-20,23,28-29H,10-13,21H2,1-9H3,(H,34,37)(H,35,39). The zero-order chi connectivity index (χ0) is 30.0. The van der Waals surface area contributed by atoms with Gasteiger partial charge in [0.2, 0.25) is 5.91 Å². The summed E-state index contributed by atoms with van der Waals surface area (Å²) in [6.45, 7) is 17.7. The Morgan fingerprint density at radius 1 is 0.925 bits per heavy atom. The van der Waals surface area contributed by atoms with Crippen molar-refractivity contribution in [3.8, 4) is 0 Å². The monoisotopic (exact) mass is 551 g/mol. The lowest BCUT2D eigenvalue weighted by Crippen LogP contribution is -2.55. The minimum atomic E-state index is -0.879. The van der Waals surface area contributed by atoms with Crippen LogP contribution in [0.15, 0.2) is 42.5 Å². The third-order valence-corrected chi connectivity index (χ3v) is 7.12. The Balaban J connectivity index is 2.59. The quantitative estimate of drug-likeness (QED) is 0.272. The molecular weight excluding hydrogens is 502 g/mol. The number of hydrogen-bond donors (Lipinski definition) is 2. The second-order valence-corrected chi connectivity index (χ2v) is 11.8. The SMILES string of the molecule is CCCCCN(C(=O)C(NC(=O)OC(C)(C)C)C(C)CC)C(C(=O)Nc1c(C)cccc1C)c1ccc(C)cc1. The van der Waals surface area contributed by atoms with E-state index in [2.05, 4.69) is 17.6 Å². The van der Waals surface area contributed by atoms with Crippen LogP contribution in [-0.4, -0.2) is 41.0 Å². The first-order valence-corrected chi connectivity index (χ1v) is 14.5. The second-order valence-electron chi connectivity index (χ2n) is 11.8. The maximum atomic E-state index is 14.4. The van der Waals surface area contributed by atoms with Crippen molar-refractivity contribution >= 4 is 23.6 Å². The van der Waals surface area contributed by atoms with Crippen molar-refractivity contribution in [1.82, 2.24) is 10.2 Å². The summed E-state index contributed by atoms with van der Waals surface area (Å²) >= 11 is 0. The molecule has 220 valence electrons. The van der Waals surface area contributed by atoms with E-state index in [0.29, 0.717) is 13.0 Å². The molecule has 0 saturated carbocycles. The molecule has 7 nitrogen and oxygen atoms in total. The maximum Gasteiger partial charge on any atom is 0.408 e. The molecule has 0 aliphatic heterocycles. The van der Waals surface area contributed by atoms with Gasteiger partial charge in [0.1, 0.15) is 17.7 Å². The topological polar surface area (TPSA) is 87.7 Å². The van der Waals surface area contributed by atoms with Crippen molar-refractivity contribution in [2.75, 3.05) is 11.9 Å². The fraction of sp³-hybridized carbons (Fsp3) is 0.545. The van der Waals surface area contributed by atoms with Crippen molar-refractivity contribution in [2.24, 2.45) is 5.92 Å². The predicted octanol–water partition coefficient (Wildman–Crippen LogP) is 7.25. The first kappa shape index (κ1) is 32.9. The van der Waals surface area contributed by atoms with Gasteiger partial charge in [-0.2, -0.15) is 0 Å². The molecule has 0 aromatic heterocycles. The van der Waals surface area contributed by atoms with E-state index in [4.69, 9.17) is 4.74 Å². The van der Waals surface area contributed by atoms with Crippen LogP contribution in [0.3, 0.4) is 0 Å². The molecule has 0 spiro atoms. The van der Waals surface area contributed by atoms with E-state index >= 15 is 0 Å². The number of aryl methyl sites for hydroxylation is 3. The van der Waals surface area contributed by atoms with Crippen LogP contribution in [0.1, 0.15) is 95.5 Å². The lowest BCUT2D eigenvalue weighted by Gasteiger charge is -2.36. The molecule has 7 heteroatoms. The van der Waals surface area contributed by atoms with Gasteiger partial charge in [-0.3, -0.25) is 9.59 Å². The molecule has 2 rings (SSSR count). The molecule has 0 saturated heterocycles. The van der Waals surface area contributed by atoms with Crippen molar-refractivity contribution in [3.05, 3.63) is 64.7 Å².